The van der Waals surface area contributed by atoms with Crippen LogP contribution in [0.4, 0.5) is 9.52 Å². The quantitative estimate of drug-likeness (QED) is 0.711. The second kappa shape index (κ2) is 6.50. The van der Waals surface area contributed by atoms with Gasteiger partial charge in [0.2, 0.25) is 0 Å². The first-order valence-electron chi connectivity index (χ1n) is 7.63. The molecule has 0 atom stereocenters. The van der Waals surface area contributed by atoms with E-state index in [2.05, 4.69) is 43.1 Å². The number of anilines is 1. The van der Waals surface area contributed by atoms with E-state index in [-0.39, 0.29) is 5.82 Å². The molecule has 0 fully saturated rings. The third-order valence-electron chi connectivity index (χ3n) is 3.84. The van der Waals surface area contributed by atoms with Crippen molar-refractivity contribution in [2.75, 3.05) is 5.73 Å². The highest BCUT2D eigenvalue weighted by molar-refractivity contribution is 7.15. The molecule has 0 aliphatic carbocycles. The van der Waals surface area contributed by atoms with Gasteiger partial charge in [-0.15, -0.1) is 11.3 Å². The summed E-state index contributed by atoms with van der Waals surface area (Å²) in [5, 5.41) is 0.540. The second-order valence-electron chi connectivity index (χ2n) is 5.90. The van der Waals surface area contributed by atoms with Gasteiger partial charge in [-0.1, -0.05) is 38.1 Å². The highest BCUT2D eigenvalue weighted by Gasteiger charge is 2.13. The third-order valence-corrected chi connectivity index (χ3v) is 4.73. The molecule has 0 radical (unpaired) electrons. The Balaban J connectivity index is 1.90. The highest BCUT2D eigenvalue weighted by Crippen LogP contribution is 2.32. The van der Waals surface area contributed by atoms with E-state index in [0.717, 1.165) is 22.6 Å². The number of halogens is 1. The van der Waals surface area contributed by atoms with Gasteiger partial charge in [0.25, 0.3) is 0 Å². The number of benzene rings is 2. The normalized spacial score (nSPS) is 11.1. The summed E-state index contributed by atoms with van der Waals surface area (Å²) in [6.07, 6.45) is 0.778. The smallest absolute Gasteiger partial charge is 0.180 e. The summed E-state index contributed by atoms with van der Waals surface area (Å²) >= 11 is 1.49. The minimum absolute atomic E-state index is 0.247. The lowest BCUT2D eigenvalue weighted by Crippen LogP contribution is -1.92. The topological polar surface area (TPSA) is 38.9 Å². The van der Waals surface area contributed by atoms with Crippen molar-refractivity contribution in [3.05, 3.63) is 70.4 Å². The van der Waals surface area contributed by atoms with E-state index in [1.807, 2.05) is 0 Å². The number of rotatable bonds is 4. The maximum Gasteiger partial charge on any atom is 0.180 e. The van der Waals surface area contributed by atoms with Gasteiger partial charge in [-0.3, -0.25) is 0 Å². The monoisotopic (exact) mass is 326 g/mol. The molecule has 1 heterocycles. The van der Waals surface area contributed by atoms with E-state index in [1.165, 1.54) is 34.6 Å². The average molecular weight is 326 g/mol. The standard InChI is InChI=1S/C19H19FN2S/c1-12(2)14-5-3-13(4-6-14)11-17-18(22-19(21)23-17)15-7-9-16(20)10-8-15/h3-10,12H,11H2,1-2H3,(H2,21,22). The first kappa shape index (κ1) is 15.7. The molecule has 0 amide bonds. The van der Waals surface area contributed by atoms with E-state index in [0.29, 0.717) is 11.0 Å². The first-order chi connectivity index (χ1) is 11.0. The lowest BCUT2D eigenvalue weighted by atomic mass is 10.00. The maximum absolute atomic E-state index is 13.1. The zero-order chi connectivity index (χ0) is 16.4. The number of hydrogen-bond donors (Lipinski definition) is 1. The van der Waals surface area contributed by atoms with Crippen molar-refractivity contribution in [2.45, 2.75) is 26.2 Å². The van der Waals surface area contributed by atoms with E-state index in [1.54, 1.807) is 12.1 Å². The van der Waals surface area contributed by atoms with Crippen molar-refractivity contribution in [1.29, 1.82) is 0 Å². The summed E-state index contributed by atoms with van der Waals surface area (Å²) in [6.45, 7) is 4.37. The summed E-state index contributed by atoms with van der Waals surface area (Å²) < 4.78 is 13.1. The number of nitrogen functional groups attached to an aromatic ring is 1. The molecule has 1 aromatic heterocycles. The van der Waals surface area contributed by atoms with E-state index >= 15 is 0 Å². The van der Waals surface area contributed by atoms with Gasteiger partial charge in [-0.05, 0) is 41.3 Å². The molecule has 0 saturated heterocycles. The van der Waals surface area contributed by atoms with Crippen molar-refractivity contribution >= 4 is 16.5 Å². The lowest BCUT2D eigenvalue weighted by molar-refractivity contribution is 0.628. The molecule has 0 unspecified atom stereocenters. The molecular weight excluding hydrogens is 307 g/mol. The van der Waals surface area contributed by atoms with Gasteiger partial charge in [-0.25, -0.2) is 9.37 Å². The summed E-state index contributed by atoms with van der Waals surface area (Å²) in [4.78, 5) is 5.53. The zero-order valence-corrected chi connectivity index (χ0v) is 14.0. The number of aromatic nitrogens is 1. The zero-order valence-electron chi connectivity index (χ0n) is 13.2. The Morgan fingerprint density at radius 1 is 1.04 bits per heavy atom. The lowest BCUT2D eigenvalue weighted by Gasteiger charge is -2.07. The number of nitrogens with zero attached hydrogens (tertiary/aromatic N) is 1. The van der Waals surface area contributed by atoms with Crippen molar-refractivity contribution in [1.82, 2.24) is 4.98 Å². The SMILES string of the molecule is CC(C)c1ccc(Cc2sc(N)nc2-c2ccc(F)cc2)cc1. The van der Waals surface area contributed by atoms with E-state index in [9.17, 15) is 4.39 Å². The summed E-state index contributed by atoms with van der Waals surface area (Å²) in [5.74, 6) is 0.278. The number of hydrogen-bond acceptors (Lipinski definition) is 3. The van der Waals surface area contributed by atoms with Gasteiger partial charge < -0.3 is 5.73 Å². The molecule has 2 nitrogen and oxygen atoms in total. The molecule has 0 bridgehead atoms. The van der Waals surface area contributed by atoms with E-state index in [4.69, 9.17) is 5.73 Å². The van der Waals surface area contributed by atoms with Crippen LogP contribution in [0.15, 0.2) is 48.5 Å². The van der Waals surface area contributed by atoms with Crippen LogP contribution in [0.3, 0.4) is 0 Å². The van der Waals surface area contributed by atoms with Crippen LogP contribution in [0.5, 0.6) is 0 Å². The second-order valence-corrected chi connectivity index (χ2v) is 7.02. The van der Waals surface area contributed by atoms with Crippen LogP contribution in [0, 0.1) is 5.82 Å². The molecule has 0 aliphatic rings. The van der Waals surface area contributed by atoms with Crippen LogP contribution in [0.1, 0.15) is 35.8 Å². The molecule has 2 N–H and O–H groups in total. The molecule has 3 aromatic rings. The Hall–Kier alpha value is -2.20. The fraction of sp³-hybridized carbons (Fsp3) is 0.211. The van der Waals surface area contributed by atoms with Gasteiger partial charge in [0.1, 0.15) is 5.82 Å². The maximum atomic E-state index is 13.1. The third kappa shape index (κ3) is 3.59. The van der Waals surface area contributed by atoms with Gasteiger partial charge >= 0.3 is 0 Å². The van der Waals surface area contributed by atoms with Crippen molar-refractivity contribution in [3.63, 3.8) is 0 Å². The van der Waals surface area contributed by atoms with Gasteiger partial charge in [0.05, 0.1) is 5.69 Å². The summed E-state index contributed by atoms with van der Waals surface area (Å²) in [6, 6.07) is 15.0. The Labute approximate surface area is 139 Å². The molecule has 118 valence electrons. The minimum Gasteiger partial charge on any atom is -0.375 e. The summed E-state index contributed by atoms with van der Waals surface area (Å²) in [7, 11) is 0. The van der Waals surface area contributed by atoms with Crippen molar-refractivity contribution in [2.24, 2.45) is 0 Å². The van der Waals surface area contributed by atoms with Gasteiger partial charge in [-0.2, -0.15) is 0 Å². The Bertz CT molecular complexity index is 789. The molecule has 2 aromatic carbocycles. The highest BCUT2D eigenvalue weighted by atomic mass is 32.1. The number of thiazole rings is 1. The van der Waals surface area contributed by atoms with Crippen molar-refractivity contribution in [3.8, 4) is 11.3 Å². The molecule has 4 heteroatoms. The van der Waals surface area contributed by atoms with Crippen LogP contribution < -0.4 is 5.73 Å². The van der Waals surface area contributed by atoms with Gasteiger partial charge in [0.15, 0.2) is 5.13 Å². The Kier molecular flexibility index (Phi) is 4.44. The van der Waals surface area contributed by atoms with E-state index < -0.39 is 0 Å². The summed E-state index contributed by atoms with van der Waals surface area (Å²) in [5.41, 5.74) is 10.2. The molecule has 23 heavy (non-hydrogen) atoms. The van der Waals surface area contributed by atoms with Crippen LogP contribution in [-0.2, 0) is 6.42 Å². The van der Waals surface area contributed by atoms with Gasteiger partial charge in [0, 0.05) is 16.9 Å². The Morgan fingerprint density at radius 2 is 1.70 bits per heavy atom. The molecule has 0 spiro atoms. The molecule has 0 aliphatic heterocycles. The predicted octanol–water partition coefficient (Wildman–Crippen LogP) is 5.25. The predicted molar refractivity (Wildman–Crippen MR) is 95.3 cm³/mol. The van der Waals surface area contributed by atoms with Crippen LogP contribution >= 0.6 is 11.3 Å². The average Bonchev–Trinajstić information content (AvgIpc) is 2.89. The molecular formula is C19H19FN2S. The van der Waals surface area contributed by atoms with Crippen LogP contribution in [-0.4, -0.2) is 4.98 Å². The molecule has 0 saturated carbocycles. The Morgan fingerprint density at radius 3 is 2.30 bits per heavy atom. The largest absolute Gasteiger partial charge is 0.375 e. The van der Waals surface area contributed by atoms with Crippen LogP contribution in [0.2, 0.25) is 0 Å². The minimum atomic E-state index is -0.247. The van der Waals surface area contributed by atoms with Crippen molar-refractivity contribution < 1.29 is 4.39 Å². The van der Waals surface area contributed by atoms with Crippen LogP contribution in [0.25, 0.3) is 11.3 Å². The molecule has 3 rings (SSSR count). The first-order valence-corrected chi connectivity index (χ1v) is 8.44. The number of nitrogens with two attached hydrogens (primary N) is 1. The fourth-order valence-electron chi connectivity index (χ4n) is 2.53. The fourth-order valence-corrected chi connectivity index (χ4v) is 3.42.